The summed E-state index contributed by atoms with van der Waals surface area (Å²) in [6.45, 7) is 5.45. The topological polar surface area (TPSA) is 56.3 Å². The van der Waals surface area contributed by atoms with Crippen LogP contribution in [0.2, 0.25) is 0 Å². The minimum absolute atomic E-state index is 0.695. The molecule has 0 amide bonds. The molecule has 5 heteroatoms. The van der Waals surface area contributed by atoms with E-state index in [1.165, 1.54) is 11.3 Å². The first-order valence-corrected chi connectivity index (χ1v) is 7.37. The van der Waals surface area contributed by atoms with E-state index in [1.54, 1.807) is 7.11 Å². The van der Waals surface area contributed by atoms with E-state index in [1.807, 2.05) is 23.0 Å². The van der Waals surface area contributed by atoms with Crippen molar-refractivity contribution in [3.05, 3.63) is 42.2 Å². The van der Waals surface area contributed by atoms with E-state index in [-0.39, 0.29) is 0 Å². The SMILES string of the molecule is CCn1cc(CN(CCCN)c2ccc(OC)cc2)cn1. The van der Waals surface area contributed by atoms with Crippen molar-refractivity contribution in [1.82, 2.24) is 9.78 Å². The third-order valence-corrected chi connectivity index (χ3v) is 3.45. The van der Waals surface area contributed by atoms with Crippen molar-refractivity contribution in [3.8, 4) is 5.75 Å². The van der Waals surface area contributed by atoms with Crippen molar-refractivity contribution in [2.24, 2.45) is 5.73 Å². The molecular formula is C16H24N4O. The van der Waals surface area contributed by atoms with Gasteiger partial charge in [0.1, 0.15) is 5.75 Å². The molecule has 0 fully saturated rings. The highest BCUT2D eigenvalue weighted by Gasteiger charge is 2.09. The summed E-state index contributed by atoms with van der Waals surface area (Å²) in [4.78, 5) is 2.32. The van der Waals surface area contributed by atoms with Crippen LogP contribution in [0.4, 0.5) is 5.69 Å². The summed E-state index contributed by atoms with van der Waals surface area (Å²) in [6.07, 6.45) is 5.00. The standard InChI is InChI=1S/C16H24N4O/c1-3-20-13-14(11-18-20)12-19(10-4-9-17)15-5-7-16(21-2)8-6-15/h5-8,11,13H,3-4,9-10,12,17H2,1-2H3. The molecule has 2 aromatic rings. The van der Waals surface area contributed by atoms with Gasteiger partial charge in [-0.15, -0.1) is 0 Å². The van der Waals surface area contributed by atoms with Gasteiger partial charge in [-0.05, 0) is 44.2 Å². The van der Waals surface area contributed by atoms with Crippen LogP contribution >= 0.6 is 0 Å². The van der Waals surface area contributed by atoms with Crippen molar-refractivity contribution in [3.63, 3.8) is 0 Å². The van der Waals surface area contributed by atoms with Crippen LogP contribution in [0.25, 0.3) is 0 Å². The molecule has 0 aliphatic rings. The van der Waals surface area contributed by atoms with Gasteiger partial charge in [0.2, 0.25) is 0 Å². The van der Waals surface area contributed by atoms with Crippen molar-refractivity contribution < 1.29 is 4.74 Å². The van der Waals surface area contributed by atoms with Crippen LogP contribution in [-0.2, 0) is 13.1 Å². The van der Waals surface area contributed by atoms with E-state index in [0.29, 0.717) is 6.54 Å². The van der Waals surface area contributed by atoms with Gasteiger partial charge >= 0.3 is 0 Å². The Bertz CT molecular complexity index is 535. The lowest BCUT2D eigenvalue weighted by atomic mass is 10.2. The van der Waals surface area contributed by atoms with Gasteiger partial charge in [-0.25, -0.2) is 0 Å². The maximum Gasteiger partial charge on any atom is 0.119 e. The largest absolute Gasteiger partial charge is 0.497 e. The average molecular weight is 288 g/mol. The second kappa shape index (κ2) is 7.69. The molecule has 2 rings (SSSR count). The van der Waals surface area contributed by atoms with E-state index in [9.17, 15) is 0 Å². The van der Waals surface area contributed by atoms with Crippen LogP contribution in [0.3, 0.4) is 0 Å². The second-order valence-corrected chi connectivity index (χ2v) is 4.97. The zero-order valence-corrected chi connectivity index (χ0v) is 12.8. The number of hydrogen-bond donors (Lipinski definition) is 1. The van der Waals surface area contributed by atoms with Crippen molar-refractivity contribution in [2.75, 3.05) is 25.1 Å². The zero-order chi connectivity index (χ0) is 15.1. The Morgan fingerprint density at radius 3 is 2.62 bits per heavy atom. The molecule has 0 aliphatic carbocycles. The van der Waals surface area contributed by atoms with E-state index < -0.39 is 0 Å². The summed E-state index contributed by atoms with van der Waals surface area (Å²) in [5.74, 6) is 0.872. The van der Waals surface area contributed by atoms with Crippen LogP contribution < -0.4 is 15.4 Å². The maximum absolute atomic E-state index is 5.66. The van der Waals surface area contributed by atoms with Crippen molar-refractivity contribution >= 4 is 5.69 Å². The number of ether oxygens (including phenoxy) is 1. The molecule has 2 N–H and O–H groups in total. The van der Waals surface area contributed by atoms with E-state index in [0.717, 1.165) is 31.8 Å². The molecule has 114 valence electrons. The Labute approximate surface area is 126 Å². The van der Waals surface area contributed by atoms with Crippen LogP contribution in [0.1, 0.15) is 18.9 Å². The smallest absolute Gasteiger partial charge is 0.119 e. The normalized spacial score (nSPS) is 10.6. The molecule has 0 saturated carbocycles. The van der Waals surface area contributed by atoms with Crippen LogP contribution in [0.5, 0.6) is 5.75 Å². The minimum atomic E-state index is 0.695. The highest BCUT2D eigenvalue weighted by molar-refractivity contribution is 5.49. The molecule has 0 atom stereocenters. The number of rotatable bonds is 8. The Kier molecular flexibility index (Phi) is 5.63. The van der Waals surface area contributed by atoms with Crippen molar-refractivity contribution in [2.45, 2.75) is 26.4 Å². The predicted molar refractivity (Wildman–Crippen MR) is 85.6 cm³/mol. The van der Waals surface area contributed by atoms with E-state index in [2.05, 4.69) is 35.3 Å². The predicted octanol–water partition coefficient (Wildman–Crippen LogP) is 2.27. The quantitative estimate of drug-likeness (QED) is 0.809. The number of benzene rings is 1. The third-order valence-electron chi connectivity index (χ3n) is 3.45. The van der Waals surface area contributed by atoms with Gasteiger partial charge < -0.3 is 15.4 Å². The Balaban J connectivity index is 2.12. The first kappa shape index (κ1) is 15.4. The molecule has 21 heavy (non-hydrogen) atoms. The summed E-state index contributed by atoms with van der Waals surface area (Å²) in [6, 6.07) is 8.14. The summed E-state index contributed by atoms with van der Waals surface area (Å²) in [5, 5.41) is 4.33. The zero-order valence-electron chi connectivity index (χ0n) is 12.8. The van der Waals surface area contributed by atoms with E-state index >= 15 is 0 Å². The molecule has 1 aromatic carbocycles. The number of aromatic nitrogens is 2. The molecule has 0 radical (unpaired) electrons. The van der Waals surface area contributed by atoms with Crippen LogP contribution in [-0.4, -0.2) is 30.0 Å². The first-order chi connectivity index (χ1) is 10.3. The van der Waals surface area contributed by atoms with Crippen LogP contribution in [0.15, 0.2) is 36.7 Å². The lowest BCUT2D eigenvalue weighted by Gasteiger charge is -2.24. The highest BCUT2D eigenvalue weighted by Crippen LogP contribution is 2.21. The van der Waals surface area contributed by atoms with Gasteiger partial charge in [-0.2, -0.15) is 5.10 Å². The van der Waals surface area contributed by atoms with Crippen molar-refractivity contribution in [1.29, 1.82) is 0 Å². The Hall–Kier alpha value is -2.01. The lowest BCUT2D eigenvalue weighted by Crippen LogP contribution is -2.25. The number of aryl methyl sites for hydroxylation is 1. The average Bonchev–Trinajstić information content (AvgIpc) is 2.99. The Morgan fingerprint density at radius 1 is 1.29 bits per heavy atom. The molecule has 0 spiro atoms. The number of hydrogen-bond acceptors (Lipinski definition) is 4. The molecule has 0 unspecified atom stereocenters. The van der Waals surface area contributed by atoms with Gasteiger partial charge in [0.25, 0.3) is 0 Å². The maximum atomic E-state index is 5.66. The summed E-state index contributed by atoms with van der Waals surface area (Å²) < 4.78 is 7.16. The Morgan fingerprint density at radius 2 is 2.05 bits per heavy atom. The molecule has 0 saturated heterocycles. The van der Waals surface area contributed by atoms with Gasteiger partial charge in [-0.1, -0.05) is 0 Å². The molecule has 5 nitrogen and oxygen atoms in total. The highest BCUT2D eigenvalue weighted by atomic mass is 16.5. The monoisotopic (exact) mass is 288 g/mol. The fourth-order valence-corrected chi connectivity index (χ4v) is 2.26. The summed E-state index contributed by atoms with van der Waals surface area (Å²) in [7, 11) is 1.68. The molecule has 0 aliphatic heterocycles. The number of nitrogens with two attached hydrogens (primary N) is 1. The van der Waals surface area contributed by atoms with E-state index in [4.69, 9.17) is 10.5 Å². The number of anilines is 1. The van der Waals surface area contributed by atoms with Gasteiger partial charge in [0, 0.05) is 37.1 Å². The molecular weight excluding hydrogens is 264 g/mol. The van der Waals surface area contributed by atoms with Gasteiger partial charge in [0.05, 0.1) is 13.3 Å². The molecule has 0 bridgehead atoms. The fourth-order valence-electron chi connectivity index (χ4n) is 2.26. The molecule has 1 heterocycles. The number of methoxy groups -OCH3 is 1. The summed E-state index contributed by atoms with van der Waals surface area (Å²) in [5.41, 5.74) is 8.04. The third kappa shape index (κ3) is 4.23. The lowest BCUT2D eigenvalue weighted by molar-refractivity contribution is 0.415. The first-order valence-electron chi connectivity index (χ1n) is 7.37. The second-order valence-electron chi connectivity index (χ2n) is 4.97. The van der Waals surface area contributed by atoms with Gasteiger partial charge in [0.15, 0.2) is 0 Å². The molecule has 1 aromatic heterocycles. The van der Waals surface area contributed by atoms with Crippen LogP contribution in [0, 0.1) is 0 Å². The number of nitrogens with zero attached hydrogens (tertiary/aromatic N) is 3. The summed E-state index contributed by atoms with van der Waals surface area (Å²) >= 11 is 0. The fraction of sp³-hybridized carbons (Fsp3) is 0.438. The van der Waals surface area contributed by atoms with Gasteiger partial charge in [-0.3, -0.25) is 4.68 Å². The minimum Gasteiger partial charge on any atom is -0.497 e.